The largest absolute Gasteiger partial charge is 0.371 e. The first-order valence-corrected chi connectivity index (χ1v) is 6.18. The van der Waals surface area contributed by atoms with E-state index in [1.165, 1.54) is 24.2 Å². The third-order valence-electron chi connectivity index (χ3n) is 3.00. The van der Waals surface area contributed by atoms with Gasteiger partial charge < -0.3 is 5.32 Å². The van der Waals surface area contributed by atoms with Gasteiger partial charge in [-0.25, -0.2) is 0 Å². The SMILES string of the molecule is CC(CCc1ccccc1)NC1=NCCC1. The predicted molar refractivity (Wildman–Crippen MR) is 68.9 cm³/mol. The van der Waals surface area contributed by atoms with E-state index in [1.54, 1.807) is 0 Å². The molecule has 2 rings (SSSR count). The Kier molecular flexibility index (Phi) is 3.97. The summed E-state index contributed by atoms with van der Waals surface area (Å²) in [6.07, 6.45) is 4.66. The summed E-state index contributed by atoms with van der Waals surface area (Å²) >= 11 is 0. The molecule has 1 N–H and O–H groups in total. The van der Waals surface area contributed by atoms with Gasteiger partial charge in [-0.15, -0.1) is 0 Å². The number of benzene rings is 1. The molecular formula is C14H20N2. The molecule has 0 spiro atoms. The molecule has 0 saturated heterocycles. The highest BCUT2D eigenvalue weighted by atomic mass is 15.0. The van der Waals surface area contributed by atoms with E-state index in [1.807, 2.05) is 0 Å². The monoisotopic (exact) mass is 216 g/mol. The molecular weight excluding hydrogens is 196 g/mol. The van der Waals surface area contributed by atoms with Crippen LogP contribution in [0.3, 0.4) is 0 Å². The predicted octanol–water partition coefficient (Wildman–Crippen LogP) is 2.79. The van der Waals surface area contributed by atoms with Crippen LogP contribution in [0.1, 0.15) is 31.7 Å². The molecule has 0 radical (unpaired) electrons. The minimum absolute atomic E-state index is 0.525. The molecule has 86 valence electrons. The number of hydrogen-bond acceptors (Lipinski definition) is 2. The van der Waals surface area contributed by atoms with Gasteiger partial charge in [0.2, 0.25) is 0 Å². The van der Waals surface area contributed by atoms with Crippen LogP contribution in [0.2, 0.25) is 0 Å². The average molecular weight is 216 g/mol. The maximum atomic E-state index is 4.44. The van der Waals surface area contributed by atoms with Gasteiger partial charge in [-0.05, 0) is 31.7 Å². The quantitative estimate of drug-likeness (QED) is 0.822. The van der Waals surface area contributed by atoms with Crippen molar-refractivity contribution in [3.63, 3.8) is 0 Å². The van der Waals surface area contributed by atoms with Gasteiger partial charge in [0.05, 0.1) is 5.84 Å². The summed E-state index contributed by atoms with van der Waals surface area (Å²) in [7, 11) is 0. The highest BCUT2D eigenvalue weighted by molar-refractivity contribution is 5.83. The van der Waals surface area contributed by atoms with Crippen molar-refractivity contribution in [3.05, 3.63) is 35.9 Å². The zero-order valence-electron chi connectivity index (χ0n) is 9.95. The maximum Gasteiger partial charge on any atom is 0.0965 e. The molecule has 0 bridgehead atoms. The summed E-state index contributed by atoms with van der Waals surface area (Å²) in [6.45, 7) is 3.25. The maximum absolute atomic E-state index is 4.44. The normalized spacial score (nSPS) is 16.9. The van der Waals surface area contributed by atoms with Crippen molar-refractivity contribution in [2.24, 2.45) is 4.99 Å². The standard InChI is InChI=1S/C14H20N2/c1-12(16-14-8-5-11-15-14)9-10-13-6-3-2-4-7-13/h2-4,6-7,12H,5,8-11H2,1H3,(H,15,16). The second-order valence-electron chi connectivity index (χ2n) is 4.50. The lowest BCUT2D eigenvalue weighted by Gasteiger charge is -2.14. The van der Waals surface area contributed by atoms with Gasteiger partial charge in [0.25, 0.3) is 0 Å². The first kappa shape index (κ1) is 11.2. The van der Waals surface area contributed by atoms with Gasteiger partial charge >= 0.3 is 0 Å². The second kappa shape index (κ2) is 5.69. The van der Waals surface area contributed by atoms with Gasteiger partial charge in [-0.3, -0.25) is 4.99 Å². The Bertz CT molecular complexity index is 343. The van der Waals surface area contributed by atoms with Crippen LogP contribution in [0.5, 0.6) is 0 Å². The summed E-state index contributed by atoms with van der Waals surface area (Å²) < 4.78 is 0. The number of hydrogen-bond donors (Lipinski definition) is 1. The molecule has 1 heterocycles. The van der Waals surface area contributed by atoms with Crippen LogP contribution < -0.4 is 5.32 Å². The molecule has 0 amide bonds. The van der Waals surface area contributed by atoms with E-state index >= 15 is 0 Å². The Morgan fingerprint density at radius 1 is 1.31 bits per heavy atom. The summed E-state index contributed by atoms with van der Waals surface area (Å²) in [6, 6.07) is 11.2. The fraction of sp³-hybridized carbons (Fsp3) is 0.500. The zero-order chi connectivity index (χ0) is 11.2. The Hall–Kier alpha value is -1.31. The van der Waals surface area contributed by atoms with Crippen LogP contribution in [0.4, 0.5) is 0 Å². The zero-order valence-corrected chi connectivity index (χ0v) is 9.95. The molecule has 0 aromatic heterocycles. The third kappa shape index (κ3) is 3.37. The van der Waals surface area contributed by atoms with Crippen molar-refractivity contribution < 1.29 is 0 Å². The second-order valence-corrected chi connectivity index (χ2v) is 4.50. The Labute approximate surface area is 97.8 Å². The van der Waals surface area contributed by atoms with E-state index in [-0.39, 0.29) is 0 Å². The molecule has 0 aliphatic carbocycles. The number of aliphatic imine (C=N–C) groups is 1. The lowest BCUT2D eigenvalue weighted by Crippen LogP contribution is -2.31. The van der Waals surface area contributed by atoms with Crippen LogP contribution in [0.25, 0.3) is 0 Å². The number of rotatable bonds is 4. The smallest absolute Gasteiger partial charge is 0.0965 e. The number of nitrogens with zero attached hydrogens (tertiary/aromatic N) is 1. The molecule has 1 aromatic carbocycles. The molecule has 2 heteroatoms. The Morgan fingerprint density at radius 3 is 2.81 bits per heavy atom. The van der Waals surface area contributed by atoms with Crippen molar-refractivity contribution >= 4 is 5.84 Å². The molecule has 1 atom stereocenters. The van der Waals surface area contributed by atoms with Gasteiger partial charge in [-0.2, -0.15) is 0 Å². The Balaban J connectivity index is 1.73. The van der Waals surface area contributed by atoms with E-state index in [0.29, 0.717) is 6.04 Å². The van der Waals surface area contributed by atoms with Gasteiger partial charge in [0, 0.05) is 19.0 Å². The molecule has 0 fully saturated rings. The van der Waals surface area contributed by atoms with Crippen molar-refractivity contribution in [1.29, 1.82) is 0 Å². The first-order valence-electron chi connectivity index (χ1n) is 6.18. The number of amidine groups is 1. The molecule has 1 unspecified atom stereocenters. The van der Waals surface area contributed by atoms with Crippen molar-refractivity contribution in [3.8, 4) is 0 Å². The van der Waals surface area contributed by atoms with Crippen LogP contribution in [-0.4, -0.2) is 18.4 Å². The van der Waals surface area contributed by atoms with E-state index in [4.69, 9.17) is 0 Å². The van der Waals surface area contributed by atoms with E-state index in [0.717, 1.165) is 19.4 Å². The highest BCUT2D eigenvalue weighted by Crippen LogP contribution is 2.07. The van der Waals surface area contributed by atoms with E-state index in [9.17, 15) is 0 Å². The van der Waals surface area contributed by atoms with Crippen LogP contribution in [0, 0.1) is 0 Å². The van der Waals surface area contributed by atoms with E-state index in [2.05, 4.69) is 47.6 Å². The molecule has 16 heavy (non-hydrogen) atoms. The van der Waals surface area contributed by atoms with Gasteiger partial charge in [0.15, 0.2) is 0 Å². The Morgan fingerprint density at radius 2 is 2.12 bits per heavy atom. The van der Waals surface area contributed by atoms with Gasteiger partial charge in [-0.1, -0.05) is 30.3 Å². The summed E-state index contributed by atoms with van der Waals surface area (Å²) in [5, 5.41) is 3.50. The highest BCUT2D eigenvalue weighted by Gasteiger charge is 2.09. The molecule has 1 aliphatic rings. The third-order valence-corrected chi connectivity index (χ3v) is 3.00. The summed E-state index contributed by atoms with van der Waals surface area (Å²) in [5.41, 5.74) is 1.42. The fourth-order valence-electron chi connectivity index (χ4n) is 2.04. The van der Waals surface area contributed by atoms with Crippen LogP contribution in [-0.2, 0) is 6.42 Å². The topological polar surface area (TPSA) is 24.4 Å². The first-order chi connectivity index (χ1) is 7.84. The molecule has 2 nitrogen and oxygen atoms in total. The van der Waals surface area contributed by atoms with E-state index < -0.39 is 0 Å². The number of aryl methyl sites for hydroxylation is 1. The summed E-state index contributed by atoms with van der Waals surface area (Å²) in [4.78, 5) is 4.44. The number of nitrogens with one attached hydrogen (secondary N) is 1. The minimum atomic E-state index is 0.525. The lowest BCUT2D eigenvalue weighted by molar-refractivity contribution is 0.603. The molecule has 1 aromatic rings. The fourth-order valence-corrected chi connectivity index (χ4v) is 2.04. The average Bonchev–Trinajstić information content (AvgIpc) is 2.81. The molecule has 0 saturated carbocycles. The molecule has 1 aliphatic heterocycles. The van der Waals surface area contributed by atoms with Gasteiger partial charge in [0.1, 0.15) is 0 Å². The lowest BCUT2D eigenvalue weighted by atomic mass is 10.1. The minimum Gasteiger partial charge on any atom is -0.371 e. The summed E-state index contributed by atoms with van der Waals surface area (Å²) in [5.74, 6) is 1.21. The van der Waals surface area contributed by atoms with Crippen molar-refractivity contribution in [1.82, 2.24) is 5.32 Å². The van der Waals surface area contributed by atoms with Crippen molar-refractivity contribution in [2.75, 3.05) is 6.54 Å². The van der Waals surface area contributed by atoms with Crippen LogP contribution >= 0.6 is 0 Å². The van der Waals surface area contributed by atoms with Crippen LogP contribution in [0.15, 0.2) is 35.3 Å². The van der Waals surface area contributed by atoms with Crippen molar-refractivity contribution in [2.45, 2.75) is 38.6 Å².